The van der Waals surface area contributed by atoms with E-state index in [1.807, 2.05) is 13.8 Å². The number of methoxy groups -OCH3 is 2. The Kier molecular flexibility index (Phi) is 6.16. The van der Waals surface area contributed by atoms with E-state index in [2.05, 4.69) is 15.5 Å². The molecule has 0 saturated heterocycles. The number of carbonyl (C=O) groups is 2. The van der Waals surface area contributed by atoms with Crippen LogP contribution in [0.4, 0.5) is 5.69 Å². The van der Waals surface area contributed by atoms with Gasteiger partial charge in [-0.2, -0.15) is 4.98 Å². The Bertz CT molecular complexity index is 800. The Hall–Kier alpha value is -3.10. The van der Waals surface area contributed by atoms with Crippen LogP contribution in [0.1, 0.15) is 48.3 Å². The van der Waals surface area contributed by atoms with Crippen molar-refractivity contribution in [1.29, 1.82) is 0 Å². The minimum atomic E-state index is -1.14. The summed E-state index contributed by atoms with van der Waals surface area (Å²) in [7, 11) is 2.79. The van der Waals surface area contributed by atoms with Crippen LogP contribution < -0.4 is 14.8 Å². The molecule has 0 atom stereocenters. The van der Waals surface area contributed by atoms with Gasteiger partial charge in [0.05, 0.1) is 25.5 Å². The molecule has 0 unspecified atom stereocenters. The predicted octanol–water partition coefficient (Wildman–Crippen LogP) is 2.48. The molecule has 140 valence electrons. The quantitative estimate of drug-likeness (QED) is 0.733. The van der Waals surface area contributed by atoms with Crippen LogP contribution in [0.25, 0.3) is 0 Å². The Morgan fingerprint density at radius 2 is 2.00 bits per heavy atom. The smallest absolute Gasteiger partial charge is 0.335 e. The van der Waals surface area contributed by atoms with E-state index in [0.29, 0.717) is 11.7 Å². The van der Waals surface area contributed by atoms with Crippen LogP contribution in [0.3, 0.4) is 0 Å². The summed E-state index contributed by atoms with van der Waals surface area (Å²) in [6.45, 7) is 3.88. The van der Waals surface area contributed by atoms with Gasteiger partial charge in [0.2, 0.25) is 11.8 Å². The van der Waals surface area contributed by atoms with Crippen molar-refractivity contribution in [2.45, 2.75) is 32.6 Å². The monoisotopic (exact) mass is 363 g/mol. The first-order valence-corrected chi connectivity index (χ1v) is 7.97. The van der Waals surface area contributed by atoms with Gasteiger partial charge >= 0.3 is 5.97 Å². The molecule has 9 heteroatoms. The van der Waals surface area contributed by atoms with Gasteiger partial charge in [0, 0.05) is 18.8 Å². The van der Waals surface area contributed by atoms with E-state index in [-0.39, 0.29) is 47.4 Å². The van der Waals surface area contributed by atoms with Crippen LogP contribution >= 0.6 is 0 Å². The summed E-state index contributed by atoms with van der Waals surface area (Å²) in [6, 6.07) is 2.63. The van der Waals surface area contributed by atoms with E-state index < -0.39 is 5.97 Å². The topological polar surface area (TPSA) is 124 Å². The Morgan fingerprint density at radius 1 is 1.27 bits per heavy atom. The summed E-state index contributed by atoms with van der Waals surface area (Å²) in [6.07, 6.45) is 0.353. The number of aromatic nitrogens is 2. The first-order chi connectivity index (χ1) is 12.3. The average molecular weight is 363 g/mol. The van der Waals surface area contributed by atoms with Crippen molar-refractivity contribution in [3.8, 4) is 11.5 Å². The summed E-state index contributed by atoms with van der Waals surface area (Å²) >= 11 is 0. The van der Waals surface area contributed by atoms with E-state index in [1.165, 1.54) is 26.4 Å². The van der Waals surface area contributed by atoms with Crippen LogP contribution in [0.5, 0.6) is 11.5 Å². The normalized spacial score (nSPS) is 10.7. The first-order valence-electron chi connectivity index (χ1n) is 7.97. The molecule has 0 aliphatic carbocycles. The molecule has 0 fully saturated rings. The summed E-state index contributed by atoms with van der Waals surface area (Å²) in [5.74, 6) is 0.0445. The number of aryl methyl sites for hydroxylation is 1. The van der Waals surface area contributed by atoms with Crippen LogP contribution in [-0.4, -0.2) is 41.3 Å². The third-order valence-corrected chi connectivity index (χ3v) is 3.57. The van der Waals surface area contributed by atoms with Gasteiger partial charge in [-0.3, -0.25) is 4.79 Å². The number of nitrogens with one attached hydrogen (secondary N) is 1. The molecule has 0 bridgehead atoms. The molecule has 2 aromatic rings. The molecule has 0 aliphatic rings. The molecule has 26 heavy (non-hydrogen) atoms. The second-order valence-electron chi connectivity index (χ2n) is 5.81. The standard InChI is InChI=1S/C17H21N3O6/c1-9(2)16-19-14(26-20-16)6-5-13(21)18-11-7-10(17(22)23)8-12(24-3)15(11)25-4/h7-9H,5-6H2,1-4H3,(H,18,21)(H,22,23). The number of carbonyl (C=O) groups excluding carboxylic acids is 1. The molecule has 0 saturated carbocycles. The fraction of sp³-hybridized carbons (Fsp3) is 0.412. The van der Waals surface area contributed by atoms with Gasteiger partial charge < -0.3 is 24.4 Å². The number of nitrogens with zero attached hydrogens (tertiary/aromatic N) is 2. The molecule has 0 aliphatic heterocycles. The van der Waals surface area contributed by atoms with Gasteiger partial charge in [-0.25, -0.2) is 4.79 Å². The number of hydrogen-bond donors (Lipinski definition) is 2. The SMILES string of the molecule is COc1cc(C(=O)O)cc(NC(=O)CCc2nc(C(C)C)no2)c1OC. The van der Waals surface area contributed by atoms with Crippen molar-refractivity contribution in [1.82, 2.24) is 10.1 Å². The molecular formula is C17H21N3O6. The van der Waals surface area contributed by atoms with Gasteiger partial charge in [0.15, 0.2) is 17.3 Å². The molecule has 0 radical (unpaired) electrons. The highest BCUT2D eigenvalue weighted by Crippen LogP contribution is 2.36. The molecule has 1 aromatic heterocycles. The number of rotatable bonds is 8. The van der Waals surface area contributed by atoms with Gasteiger partial charge in [-0.15, -0.1) is 0 Å². The van der Waals surface area contributed by atoms with Crippen molar-refractivity contribution in [2.75, 3.05) is 19.5 Å². The third kappa shape index (κ3) is 4.50. The van der Waals surface area contributed by atoms with E-state index >= 15 is 0 Å². The van der Waals surface area contributed by atoms with Crippen LogP contribution in [-0.2, 0) is 11.2 Å². The molecule has 9 nitrogen and oxygen atoms in total. The highest BCUT2D eigenvalue weighted by molar-refractivity contribution is 5.96. The molecule has 1 amide bonds. The second-order valence-corrected chi connectivity index (χ2v) is 5.81. The average Bonchev–Trinajstić information content (AvgIpc) is 3.08. The number of benzene rings is 1. The molecule has 2 rings (SSSR count). The zero-order valence-corrected chi connectivity index (χ0v) is 15.0. The zero-order valence-electron chi connectivity index (χ0n) is 15.0. The summed E-state index contributed by atoms with van der Waals surface area (Å²) in [5, 5.41) is 15.7. The number of ether oxygens (including phenoxy) is 2. The highest BCUT2D eigenvalue weighted by atomic mass is 16.5. The molecule has 2 N–H and O–H groups in total. The predicted molar refractivity (Wildman–Crippen MR) is 91.8 cm³/mol. The van der Waals surface area contributed by atoms with Gasteiger partial charge in [-0.05, 0) is 12.1 Å². The molecule has 1 heterocycles. The van der Waals surface area contributed by atoms with Gasteiger partial charge in [0.1, 0.15) is 0 Å². The Balaban J connectivity index is 2.11. The summed E-state index contributed by atoms with van der Waals surface area (Å²) in [5.41, 5.74) is 0.180. The second kappa shape index (κ2) is 8.32. The third-order valence-electron chi connectivity index (χ3n) is 3.57. The summed E-state index contributed by atoms with van der Waals surface area (Å²) < 4.78 is 15.4. The highest BCUT2D eigenvalue weighted by Gasteiger charge is 2.18. The van der Waals surface area contributed by atoms with Crippen molar-refractivity contribution in [2.24, 2.45) is 0 Å². The number of carboxylic acids is 1. The number of aromatic carboxylic acids is 1. The fourth-order valence-corrected chi connectivity index (χ4v) is 2.22. The largest absolute Gasteiger partial charge is 0.493 e. The maximum absolute atomic E-state index is 12.2. The lowest BCUT2D eigenvalue weighted by molar-refractivity contribution is -0.116. The van der Waals surface area contributed by atoms with Crippen molar-refractivity contribution >= 4 is 17.6 Å². The maximum atomic E-state index is 12.2. The lowest BCUT2D eigenvalue weighted by Gasteiger charge is -2.14. The van der Waals surface area contributed by atoms with E-state index in [0.717, 1.165) is 0 Å². The van der Waals surface area contributed by atoms with Crippen molar-refractivity contribution in [3.05, 3.63) is 29.4 Å². The minimum absolute atomic E-state index is 0.0311. The maximum Gasteiger partial charge on any atom is 0.335 e. The van der Waals surface area contributed by atoms with E-state index in [9.17, 15) is 14.7 Å². The number of hydrogen-bond acceptors (Lipinski definition) is 7. The lowest BCUT2D eigenvalue weighted by atomic mass is 10.1. The Morgan fingerprint density at radius 3 is 2.54 bits per heavy atom. The van der Waals surface area contributed by atoms with Crippen LogP contribution in [0.15, 0.2) is 16.7 Å². The summed E-state index contributed by atoms with van der Waals surface area (Å²) in [4.78, 5) is 27.7. The van der Waals surface area contributed by atoms with Crippen molar-refractivity contribution in [3.63, 3.8) is 0 Å². The molecule has 1 aromatic carbocycles. The van der Waals surface area contributed by atoms with Crippen LogP contribution in [0.2, 0.25) is 0 Å². The van der Waals surface area contributed by atoms with E-state index in [4.69, 9.17) is 14.0 Å². The van der Waals surface area contributed by atoms with Gasteiger partial charge in [-0.1, -0.05) is 19.0 Å². The lowest BCUT2D eigenvalue weighted by Crippen LogP contribution is -2.14. The van der Waals surface area contributed by atoms with Gasteiger partial charge in [0.25, 0.3) is 0 Å². The first kappa shape index (κ1) is 19.2. The minimum Gasteiger partial charge on any atom is -0.493 e. The number of anilines is 1. The molecule has 0 spiro atoms. The fourth-order valence-electron chi connectivity index (χ4n) is 2.22. The number of amides is 1. The van der Waals surface area contributed by atoms with Crippen LogP contribution in [0, 0.1) is 0 Å². The van der Waals surface area contributed by atoms with E-state index in [1.54, 1.807) is 0 Å². The molecular weight excluding hydrogens is 342 g/mol. The Labute approximate surface area is 150 Å². The van der Waals surface area contributed by atoms with Crippen molar-refractivity contribution < 1.29 is 28.7 Å². The number of carboxylic acid groups (broad SMARTS) is 1. The zero-order chi connectivity index (χ0) is 19.3.